The summed E-state index contributed by atoms with van der Waals surface area (Å²) in [5.41, 5.74) is 0. The fourth-order valence-electron chi connectivity index (χ4n) is 0.886. The Kier molecular flexibility index (Phi) is 2.88. The molecule has 71 valence electrons. The highest BCUT2D eigenvalue weighted by Crippen LogP contribution is 2.34. The summed E-state index contributed by atoms with van der Waals surface area (Å²) >= 11 is 6.74. The molecule has 1 radical (unpaired) electrons. The van der Waals surface area contributed by atoms with Crippen LogP contribution in [0.15, 0.2) is 37.8 Å². The number of rotatable bonds is 2. The van der Waals surface area contributed by atoms with E-state index in [2.05, 4.69) is 43.1 Å². The Balaban J connectivity index is 2.29. The van der Waals surface area contributed by atoms with Gasteiger partial charge < -0.3 is 9.15 Å². The van der Waals surface area contributed by atoms with Crippen LogP contribution in [0.2, 0.25) is 0 Å². The van der Waals surface area contributed by atoms with Crippen LogP contribution in [0.4, 0.5) is 0 Å². The van der Waals surface area contributed by atoms with Gasteiger partial charge >= 0.3 is 6.08 Å². The maximum absolute atomic E-state index is 5.34. The zero-order valence-electron chi connectivity index (χ0n) is 6.83. The van der Waals surface area contributed by atoms with E-state index in [1.54, 1.807) is 6.07 Å². The molecule has 0 saturated carbocycles. The van der Waals surface area contributed by atoms with Crippen molar-refractivity contribution < 1.29 is 9.15 Å². The SMILES string of the molecule is Brc1cccc(Oc2nc[c]o2)c1Br. The number of oxazole rings is 1. The van der Waals surface area contributed by atoms with Crippen molar-refractivity contribution in [2.75, 3.05) is 0 Å². The summed E-state index contributed by atoms with van der Waals surface area (Å²) in [6, 6.07) is 5.56. The van der Waals surface area contributed by atoms with Gasteiger partial charge in [0.1, 0.15) is 5.75 Å². The van der Waals surface area contributed by atoms with Crippen LogP contribution in [-0.4, -0.2) is 4.98 Å². The standard InChI is InChI=1S/C9H4Br2NO2/c10-6-2-1-3-7(8(6)11)14-9-12-4-5-13-9/h1-4H. The molecule has 2 rings (SSSR count). The van der Waals surface area contributed by atoms with E-state index in [9.17, 15) is 0 Å². The van der Waals surface area contributed by atoms with Gasteiger partial charge in [0.2, 0.25) is 0 Å². The topological polar surface area (TPSA) is 35.3 Å². The molecule has 1 heterocycles. The van der Waals surface area contributed by atoms with Crippen molar-refractivity contribution in [2.45, 2.75) is 0 Å². The Bertz CT molecular complexity index is 428. The Morgan fingerprint density at radius 3 is 2.93 bits per heavy atom. The van der Waals surface area contributed by atoms with E-state index in [0.717, 1.165) is 8.95 Å². The zero-order valence-corrected chi connectivity index (χ0v) is 10.0. The second kappa shape index (κ2) is 4.14. The van der Waals surface area contributed by atoms with Crippen LogP contribution < -0.4 is 4.74 Å². The average Bonchev–Trinajstić information content (AvgIpc) is 2.66. The highest BCUT2D eigenvalue weighted by molar-refractivity contribution is 9.13. The first-order valence-corrected chi connectivity index (χ1v) is 5.29. The fraction of sp³-hybridized carbons (Fsp3) is 0. The Labute approximate surface area is 97.4 Å². The molecule has 14 heavy (non-hydrogen) atoms. The van der Waals surface area contributed by atoms with Gasteiger partial charge in [-0.3, -0.25) is 0 Å². The molecule has 0 saturated heterocycles. The molecule has 0 aliphatic heterocycles. The smallest absolute Gasteiger partial charge is 0.399 e. The highest BCUT2D eigenvalue weighted by atomic mass is 79.9. The third kappa shape index (κ3) is 1.99. The van der Waals surface area contributed by atoms with E-state index < -0.39 is 0 Å². The van der Waals surface area contributed by atoms with E-state index in [-0.39, 0.29) is 6.08 Å². The van der Waals surface area contributed by atoms with Crippen molar-refractivity contribution in [3.8, 4) is 11.8 Å². The number of aromatic nitrogens is 1. The summed E-state index contributed by atoms with van der Waals surface area (Å²) in [5, 5.41) is 0. The lowest BCUT2D eigenvalue weighted by Gasteiger charge is -2.04. The molecule has 0 amide bonds. The minimum absolute atomic E-state index is 0.170. The Morgan fingerprint density at radius 1 is 1.36 bits per heavy atom. The Hall–Kier alpha value is -0.810. The first-order valence-electron chi connectivity index (χ1n) is 3.71. The molecule has 3 nitrogen and oxygen atoms in total. The lowest BCUT2D eigenvalue weighted by Crippen LogP contribution is -1.85. The molecule has 1 aromatic heterocycles. The van der Waals surface area contributed by atoms with Gasteiger partial charge in [0, 0.05) is 4.47 Å². The average molecular weight is 318 g/mol. The first-order chi connectivity index (χ1) is 6.77. The lowest BCUT2D eigenvalue weighted by molar-refractivity contribution is 0.326. The van der Waals surface area contributed by atoms with Crippen molar-refractivity contribution in [1.29, 1.82) is 0 Å². The van der Waals surface area contributed by atoms with E-state index in [1.807, 2.05) is 12.1 Å². The third-order valence-corrected chi connectivity index (χ3v) is 3.49. The maximum atomic E-state index is 5.34. The molecule has 5 heteroatoms. The predicted molar refractivity (Wildman–Crippen MR) is 57.3 cm³/mol. The van der Waals surface area contributed by atoms with Gasteiger partial charge in [-0.05, 0) is 44.0 Å². The Morgan fingerprint density at radius 2 is 2.21 bits per heavy atom. The molecule has 1 aromatic carbocycles. The van der Waals surface area contributed by atoms with Crippen LogP contribution in [0.5, 0.6) is 11.8 Å². The summed E-state index contributed by atoms with van der Waals surface area (Å²) in [6.45, 7) is 0. The monoisotopic (exact) mass is 316 g/mol. The fourth-order valence-corrected chi connectivity index (χ4v) is 1.58. The number of benzene rings is 1. The summed E-state index contributed by atoms with van der Waals surface area (Å²) in [6.07, 6.45) is 4.02. The van der Waals surface area contributed by atoms with E-state index >= 15 is 0 Å². The quantitative estimate of drug-likeness (QED) is 0.845. The molecule has 0 unspecified atom stereocenters. The van der Waals surface area contributed by atoms with Crippen molar-refractivity contribution >= 4 is 31.9 Å². The normalized spacial score (nSPS) is 10.1. The summed E-state index contributed by atoms with van der Waals surface area (Å²) in [4.78, 5) is 3.80. The predicted octanol–water partition coefficient (Wildman–Crippen LogP) is 3.79. The summed E-state index contributed by atoms with van der Waals surface area (Å²) < 4.78 is 11.9. The summed E-state index contributed by atoms with van der Waals surface area (Å²) in [7, 11) is 0. The van der Waals surface area contributed by atoms with Gasteiger partial charge in [0.25, 0.3) is 0 Å². The van der Waals surface area contributed by atoms with Crippen LogP contribution in [0.1, 0.15) is 0 Å². The molecular formula is C9H4Br2NO2. The van der Waals surface area contributed by atoms with Gasteiger partial charge in [-0.2, -0.15) is 4.98 Å². The van der Waals surface area contributed by atoms with Gasteiger partial charge in [-0.1, -0.05) is 6.07 Å². The van der Waals surface area contributed by atoms with Crippen LogP contribution in [0, 0.1) is 6.26 Å². The van der Waals surface area contributed by atoms with E-state index in [0.29, 0.717) is 5.75 Å². The van der Waals surface area contributed by atoms with E-state index in [4.69, 9.17) is 9.15 Å². The van der Waals surface area contributed by atoms with Crippen molar-refractivity contribution in [1.82, 2.24) is 4.98 Å². The van der Waals surface area contributed by atoms with Gasteiger partial charge in [0.15, 0.2) is 6.26 Å². The van der Waals surface area contributed by atoms with Crippen LogP contribution in [0.25, 0.3) is 0 Å². The minimum Gasteiger partial charge on any atom is -0.410 e. The minimum atomic E-state index is 0.170. The lowest BCUT2D eigenvalue weighted by atomic mass is 10.3. The van der Waals surface area contributed by atoms with Crippen molar-refractivity contribution in [2.24, 2.45) is 0 Å². The molecule has 2 aromatic rings. The van der Waals surface area contributed by atoms with Crippen molar-refractivity contribution in [3.05, 3.63) is 39.6 Å². The molecule has 0 N–H and O–H groups in total. The number of hydrogen-bond acceptors (Lipinski definition) is 3. The molecule has 0 bridgehead atoms. The summed E-state index contributed by atoms with van der Waals surface area (Å²) in [5.74, 6) is 0.634. The molecule has 0 aliphatic carbocycles. The highest BCUT2D eigenvalue weighted by Gasteiger charge is 2.07. The number of halogens is 2. The molecule has 0 aliphatic rings. The van der Waals surface area contributed by atoms with Gasteiger partial charge in [0.05, 0.1) is 10.7 Å². The number of ether oxygens (including phenoxy) is 1. The zero-order chi connectivity index (χ0) is 9.97. The second-order valence-electron chi connectivity index (χ2n) is 2.40. The first kappa shape index (κ1) is 9.73. The molecule has 0 atom stereocenters. The number of hydrogen-bond donors (Lipinski definition) is 0. The maximum Gasteiger partial charge on any atom is 0.399 e. The third-order valence-electron chi connectivity index (χ3n) is 1.48. The van der Waals surface area contributed by atoms with Crippen molar-refractivity contribution in [3.63, 3.8) is 0 Å². The second-order valence-corrected chi connectivity index (χ2v) is 4.05. The van der Waals surface area contributed by atoms with Gasteiger partial charge in [-0.25, -0.2) is 0 Å². The molecule has 0 spiro atoms. The van der Waals surface area contributed by atoms with Gasteiger partial charge in [-0.15, -0.1) is 0 Å². The molecular weight excluding hydrogens is 314 g/mol. The van der Waals surface area contributed by atoms with Crippen LogP contribution in [0.3, 0.4) is 0 Å². The van der Waals surface area contributed by atoms with Crippen LogP contribution >= 0.6 is 31.9 Å². The number of nitrogens with zero attached hydrogens (tertiary/aromatic N) is 1. The van der Waals surface area contributed by atoms with Crippen LogP contribution in [-0.2, 0) is 0 Å². The van der Waals surface area contributed by atoms with E-state index in [1.165, 1.54) is 6.20 Å². The molecule has 0 fully saturated rings. The largest absolute Gasteiger partial charge is 0.410 e.